The van der Waals surface area contributed by atoms with E-state index in [0.29, 0.717) is 40.9 Å². The molecule has 15 heteroatoms. The molecule has 1 aromatic carbocycles. The molecule has 3 atom stereocenters. The number of rotatable bonds is 10. The first-order valence-electron chi connectivity index (χ1n) is 11.6. The highest BCUT2D eigenvalue weighted by atomic mass is 35.5. The van der Waals surface area contributed by atoms with Crippen LogP contribution >= 0.6 is 11.6 Å². The van der Waals surface area contributed by atoms with Crippen molar-refractivity contribution in [1.82, 2.24) is 29.6 Å². The number of aromatic nitrogens is 5. The zero-order chi connectivity index (χ0) is 27.6. The summed E-state index contributed by atoms with van der Waals surface area (Å²) in [6.45, 7) is 1.46. The van der Waals surface area contributed by atoms with Crippen molar-refractivity contribution in [2.75, 3.05) is 33.1 Å². The summed E-state index contributed by atoms with van der Waals surface area (Å²) in [7, 11) is 1.83. The third kappa shape index (κ3) is 5.11. The molecule has 1 aliphatic heterocycles. The fourth-order valence-electron chi connectivity index (χ4n) is 4.32. The topological polar surface area (TPSA) is 151 Å². The van der Waals surface area contributed by atoms with Gasteiger partial charge in [0, 0.05) is 33.0 Å². The van der Waals surface area contributed by atoms with Crippen molar-refractivity contribution < 1.29 is 27.4 Å². The zero-order valence-electron chi connectivity index (χ0n) is 21.5. The molecule has 38 heavy (non-hydrogen) atoms. The van der Waals surface area contributed by atoms with E-state index >= 15 is 0 Å². The number of anilines is 1. The number of ether oxygens (including phenoxy) is 3. The summed E-state index contributed by atoms with van der Waals surface area (Å²) in [5.41, 5.74) is 0.375. The Morgan fingerprint density at radius 1 is 1.11 bits per heavy atom. The van der Waals surface area contributed by atoms with Crippen molar-refractivity contribution in [1.29, 1.82) is 0 Å². The normalized spacial score (nSPS) is 17.4. The van der Waals surface area contributed by atoms with Crippen LogP contribution < -0.4 is 14.2 Å². The first-order chi connectivity index (χ1) is 18.1. The van der Waals surface area contributed by atoms with Crippen molar-refractivity contribution in [2.45, 2.75) is 37.2 Å². The number of halogens is 1. The van der Waals surface area contributed by atoms with Gasteiger partial charge in [0.2, 0.25) is 21.9 Å². The van der Waals surface area contributed by atoms with E-state index in [4.69, 9.17) is 25.8 Å². The standard InChI is InChI=1S/C23H28ClN7O6S/c1-13(20(37-5)21-25-11-14(24)12-26-21)38(33,34)29-23-28-27-22(15-9-10-18(32)30(15)2)31(23)19-16(35-3)7-6-8-17(19)36-4/h6-8,11-13,15,20H,9-10H2,1-5H3,(H,28,29)/t13?,15-,20?/m1/s1. The summed E-state index contributed by atoms with van der Waals surface area (Å²) in [6.07, 6.45) is 2.51. The number of hydrogen-bond donors (Lipinski definition) is 1. The maximum Gasteiger partial charge on any atom is 0.243 e. The van der Waals surface area contributed by atoms with E-state index in [-0.39, 0.29) is 17.7 Å². The van der Waals surface area contributed by atoms with Crippen LogP contribution in [0.5, 0.6) is 11.5 Å². The average Bonchev–Trinajstić information content (AvgIpc) is 3.46. The Bertz CT molecular complexity index is 1390. The van der Waals surface area contributed by atoms with Gasteiger partial charge in [-0.05, 0) is 25.5 Å². The highest BCUT2D eigenvalue weighted by Gasteiger charge is 2.38. The van der Waals surface area contributed by atoms with Crippen molar-refractivity contribution in [2.24, 2.45) is 0 Å². The van der Waals surface area contributed by atoms with Gasteiger partial charge < -0.3 is 19.1 Å². The molecule has 0 aliphatic carbocycles. The molecule has 0 saturated carbocycles. The average molecular weight is 566 g/mol. The molecule has 0 bridgehead atoms. The van der Waals surface area contributed by atoms with E-state index < -0.39 is 27.4 Å². The molecule has 0 spiro atoms. The van der Waals surface area contributed by atoms with Gasteiger partial charge in [0.15, 0.2) is 11.6 Å². The largest absolute Gasteiger partial charge is 0.494 e. The molecule has 4 rings (SSSR count). The van der Waals surface area contributed by atoms with Crippen LogP contribution in [0.2, 0.25) is 5.02 Å². The molecular weight excluding hydrogens is 538 g/mol. The number of amides is 1. The quantitative estimate of drug-likeness (QED) is 0.388. The molecule has 2 aromatic heterocycles. The first-order valence-corrected chi connectivity index (χ1v) is 13.5. The maximum absolute atomic E-state index is 13.6. The van der Waals surface area contributed by atoms with Crippen LogP contribution in [-0.4, -0.2) is 77.6 Å². The maximum atomic E-state index is 13.6. The Labute approximate surface area is 225 Å². The second-order valence-corrected chi connectivity index (χ2v) is 11.0. The van der Waals surface area contributed by atoms with Crippen molar-refractivity contribution in [3.8, 4) is 17.2 Å². The number of nitrogens with one attached hydrogen (secondary N) is 1. The number of carbonyl (C=O) groups excluding carboxylic acids is 1. The van der Waals surface area contributed by atoms with E-state index in [9.17, 15) is 13.2 Å². The van der Waals surface area contributed by atoms with Crippen LogP contribution in [0.25, 0.3) is 5.69 Å². The van der Waals surface area contributed by atoms with Crippen LogP contribution in [0, 0.1) is 0 Å². The van der Waals surface area contributed by atoms with Crippen LogP contribution in [0.4, 0.5) is 5.95 Å². The molecule has 13 nitrogen and oxygen atoms in total. The third-order valence-corrected chi connectivity index (χ3v) is 8.29. The van der Waals surface area contributed by atoms with Gasteiger partial charge in [0.1, 0.15) is 28.5 Å². The van der Waals surface area contributed by atoms with Gasteiger partial charge in [-0.2, -0.15) is 0 Å². The van der Waals surface area contributed by atoms with Crippen LogP contribution in [0.1, 0.15) is 43.6 Å². The lowest BCUT2D eigenvalue weighted by atomic mass is 10.2. The van der Waals surface area contributed by atoms with Gasteiger partial charge in [-0.3, -0.25) is 14.1 Å². The first kappa shape index (κ1) is 27.5. The minimum atomic E-state index is -4.16. The van der Waals surface area contributed by atoms with Crippen molar-refractivity contribution >= 4 is 33.5 Å². The monoisotopic (exact) mass is 565 g/mol. The van der Waals surface area contributed by atoms with Crippen molar-refractivity contribution in [3.63, 3.8) is 0 Å². The number of carbonyl (C=O) groups is 1. The second-order valence-electron chi connectivity index (χ2n) is 8.56. The van der Waals surface area contributed by atoms with Crippen LogP contribution in [-0.2, 0) is 19.6 Å². The van der Waals surface area contributed by atoms with Gasteiger partial charge in [0.25, 0.3) is 0 Å². The lowest BCUT2D eigenvalue weighted by molar-refractivity contribution is -0.127. The summed E-state index contributed by atoms with van der Waals surface area (Å²) in [5, 5.41) is 7.62. The molecule has 1 amide bonds. The van der Waals surface area contributed by atoms with Gasteiger partial charge in [-0.15, -0.1) is 10.2 Å². The fraction of sp³-hybridized carbons (Fsp3) is 0.435. The number of nitrogens with zero attached hydrogens (tertiary/aromatic N) is 6. The smallest absolute Gasteiger partial charge is 0.243 e. The lowest BCUT2D eigenvalue weighted by Crippen LogP contribution is -2.33. The summed E-state index contributed by atoms with van der Waals surface area (Å²) in [6, 6.07) is 4.68. The Hall–Kier alpha value is -3.49. The Morgan fingerprint density at radius 3 is 2.26 bits per heavy atom. The summed E-state index contributed by atoms with van der Waals surface area (Å²) >= 11 is 5.88. The number of likely N-dealkylation sites (tertiary alicyclic amines) is 1. The van der Waals surface area contributed by atoms with E-state index in [2.05, 4.69) is 24.9 Å². The predicted octanol–water partition coefficient (Wildman–Crippen LogP) is 2.54. The molecule has 3 heterocycles. The number of hydrogen-bond acceptors (Lipinski definition) is 10. The number of sulfonamides is 1. The fourth-order valence-corrected chi connectivity index (χ4v) is 5.54. The minimum Gasteiger partial charge on any atom is -0.494 e. The molecule has 204 valence electrons. The Balaban J connectivity index is 1.81. The number of benzene rings is 1. The Morgan fingerprint density at radius 2 is 1.74 bits per heavy atom. The second kappa shape index (κ2) is 11.1. The van der Waals surface area contributed by atoms with Crippen LogP contribution in [0.3, 0.4) is 0 Å². The summed E-state index contributed by atoms with van der Waals surface area (Å²) < 4.78 is 47.8. The third-order valence-electron chi connectivity index (χ3n) is 6.40. The van der Waals surface area contributed by atoms with Gasteiger partial charge in [0.05, 0.1) is 25.3 Å². The highest BCUT2D eigenvalue weighted by Crippen LogP contribution is 2.40. The lowest BCUT2D eigenvalue weighted by Gasteiger charge is -2.24. The molecular formula is C23H28ClN7O6S. The molecule has 0 radical (unpaired) electrons. The van der Waals surface area contributed by atoms with E-state index in [1.54, 1.807) is 30.1 Å². The summed E-state index contributed by atoms with van der Waals surface area (Å²) in [4.78, 5) is 22.1. The van der Waals surface area contributed by atoms with E-state index in [1.165, 1.54) is 45.2 Å². The van der Waals surface area contributed by atoms with Gasteiger partial charge >= 0.3 is 0 Å². The van der Waals surface area contributed by atoms with Gasteiger partial charge in [-0.1, -0.05) is 17.7 Å². The number of methoxy groups -OCH3 is 3. The summed E-state index contributed by atoms with van der Waals surface area (Å²) in [5.74, 6) is 1.09. The van der Waals surface area contributed by atoms with E-state index in [1.807, 2.05) is 0 Å². The van der Waals surface area contributed by atoms with Crippen LogP contribution in [0.15, 0.2) is 30.6 Å². The van der Waals surface area contributed by atoms with Crippen molar-refractivity contribution in [3.05, 3.63) is 47.3 Å². The minimum absolute atomic E-state index is 0.0572. The zero-order valence-corrected chi connectivity index (χ0v) is 23.0. The molecule has 1 N–H and O–H groups in total. The molecule has 2 unspecified atom stereocenters. The molecule has 1 aliphatic rings. The molecule has 1 fully saturated rings. The SMILES string of the molecule is COc1cccc(OC)c1-n1c(NS(=O)(=O)C(C)C(OC)c2ncc(Cl)cn2)nnc1[C@H]1CCC(=O)N1C. The predicted molar refractivity (Wildman–Crippen MR) is 138 cm³/mol. The number of para-hydroxylation sites is 1. The molecule has 1 saturated heterocycles. The van der Waals surface area contributed by atoms with Gasteiger partial charge in [-0.25, -0.2) is 18.4 Å². The Kier molecular flexibility index (Phi) is 8.04. The van der Waals surface area contributed by atoms with E-state index in [0.717, 1.165) is 0 Å². The molecule has 3 aromatic rings. The highest BCUT2D eigenvalue weighted by molar-refractivity contribution is 7.93.